The zero-order chi connectivity index (χ0) is 15.4. The molecule has 2 atom stereocenters. The molecule has 2 rings (SSSR count). The van der Waals surface area contributed by atoms with Gasteiger partial charge in [0.1, 0.15) is 5.75 Å². The molecule has 1 saturated carbocycles. The van der Waals surface area contributed by atoms with E-state index < -0.39 is 12.0 Å². The first-order chi connectivity index (χ1) is 9.99. The molecule has 3 N–H and O–H groups in total. The van der Waals surface area contributed by atoms with Crippen LogP contribution in [-0.4, -0.2) is 30.3 Å². The van der Waals surface area contributed by atoms with Gasteiger partial charge in [-0.3, -0.25) is 4.79 Å². The number of nitrogens with one attached hydrogen (secondary N) is 2. The monoisotopic (exact) mass is 312 g/mol. The quantitative estimate of drug-likeness (QED) is 0.797. The third-order valence-corrected chi connectivity index (χ3v) is 3.87. The number of anilines is 1. The molecule has 0 saturated heterocycles. The second-order valence-electron chi connectivity index (χ2n) is 4.99. The molecule has 1 aliphatic carbocycles. The number of carbonyl (C=O) groups excluding carboxylic acids is 1. The number of urea groups is 1. The summed E-state index contributed by atoms with van der Waals surface area (Å²) in [5.74, 6) is -0.604. The highest BCUT2D eigenvalue weighted by Crippen LogP contribution is 2.28. The Balaban J connectivity index is 1.92. The zero-order valence-electron chi connectivity index (χ0n) is 11.6. The predicted molar refractivity (Wildman–Crippen MR) is 78.9 cm³/mol. The second-order valence-corrected chi connectivity index (χ2v) is 5.40. The Morgan fingerprint density at radius 2 is 2.14 bits per heavy atom. The number of halogens is 1. The summed E-state index contributed by atoms with van der Waals surface area (Å²) in [5.41, 5.74) is 0.446. The van der Waals surface area contributed by atoms with Crippen molar-refractivity contribution in [1.29, 1.82) is 0 Å². The van der Waals surface area contributed by atoms with E-state index in [2.05, 4.69) is 10.6 Å². The van der Waals surface area contributed by atoms with Crippen LogP contribution in [0, 0.1) is 5.92 Å². The van der Waals surface area contributed by atoms with Crippen LogP contribution >= 0.6 is 11.6 Å². The van der Waals surface area contributed by atoms with Crippen molar-refractivity contribution in [3.63, 3.8) is 0 Å². The molecular weight excluding hydrogens is 296 g/mol. The SMILES string of the molecule is COc1ccc(Cl)c(NC(=O)N[C@H]2CC[C@@H](C(=O)O)C2)c1. The van der Waals surface area contributed by atoms with E-state index in [-0.39, 0.29) is 12.0 Å². The molecule has 6 nitrogen and oxygen atoms in total. The summed E-state index contributed by atoms with van der Waals surface area (Å²) < 4.78 is 5.07. The van der Waals surface area contributed by atoms with E-state index in [0.29, 0.717) is 35.7 Å². The molecule has 0 radical (unpaired) electrons. The van der Waals surface area contributed by atoms with Gasteiger partial charge in [0.25, 0.3) is 0 Å². The van der Waals surface area contributed by atoms with Crippen LogP contribution in [-0.2, 0) is 4.79 Å². The number of carboxylic acid groups (broad SMARTS) is 1. The zero-order valence-corrected chi connectivity index (χ0v) is 12.3. The van der Waals surface area contributed by atoms with Crippen molar-refractivity contribution in [2.24, 2.45) is 5.92 Å². The van der Waals surface area contributed by atoms with Gasteiger partial charge in [-0.1, -0.05) is 11.6 Å². The van der Waals surface area contributed by atoms with E-state index in [4.69, 9.17) is 21.4 Å². The smallest absolute Gasteiger partial charge is 0.319 e. The Morgan fingerprint density at radius 1 is 1.38 bits per heavy atom. The van der Waals surface area contributed by atoms with E-state index >= 15 is 0 Å². The number of hydrogen-bond acceptors (Lipinski definition) is 3. The van der Waals surface area contributed by atoms with Crippen molar-refractivity contribution in [3.8, 4) is 5.75 Å². The molecule has 0 aromatic heterocycles. The van der Waals surface area contributed by atoms with E-state index in [1.165, 1.54) is 7.11 Å². The van der Waals surface area contributed by atoms with Crippen LogP contribution in [0.2, 0.25) is 5.02 Å². The van der Waals surface area contributed by atoms with Gasteiger partial charge in [-0.15, -0.1) is 0 Å². The molecule has 0 spiro atoms. The molecule has 1 fully saturated rings. The number of carbonyl (C=O) groups is 2. The van der Waals surface area contributed by atoms with Gasteiger partial charge in [-0.25, -0.2) is 4.79 Å². The summed E-state index contributed by atoms with van der Waals surface area (Å²) in [6, 6.07) is 4.42. The van der Waals surface area contributed by atoms with E-state index in [1.807, 2.05) is 0 Å². The molecule has 114 valence electrons. The highest BCUT2D eigenvalue weighted by molar-refractivity contribution is 6.33. The molecule has 2 amide bonds. The van der Waals surface area contributed by atoms with E-state index in [9.17, 15) is 9.59 Å². The lowest BCUT2D eigenvalue weighted by atomic mass is 10.1. The van der Waals surface area contributed by atoms with Crippen LogP contribution < -0.4 is 15.4 Å². The highest BCUT2D eigenvalue weighted by atomic mass is 35.5. The second kappa shape index (κ2) is 6.67. The lowest BCUT2D eigenvalue weighted by molar-refractivity contribution is -0.141. The number of rotatable bonds is 4. The Morgan fingerprint density at radius 3 is 2.76 bits per heavy atom. The minimum Gasteiger partial charge on any atom is -0.497 e. The fourth-order valence-corrected chi connectivity index (χ4v) is 2.57. The number of hydrogen-bond donors (Lipinski definition) is 3. The van der Waals surface area contributed by atoms with Crippen molar-refractivity contribution in [1.82, 2.24) is 5.32 Å². The minimum absolute atomic E-state index is 0.129. The maximum Gasteiger partial charge on any atom is 0.319 e. The summed E-state index contributed by atoms with van der Waals surface area (Å²) in [7, 11) is 1.53. The molecule has 7 heteroatoms. The molecule has 21 heavy (non-hydrogen) atoms. The van der Waals surface area contributed by atoms with Gasteiger partial charge in [0, 0.05) is 12.1 Å². The average molecular weight is 313 g/mol. The van der Waals surface area contributed by atoms with Crippen LogP contribution in [0.4, 0.5) is 10.5 Å². The van der Waals surface area contributed by atoms with Gasteiger partial charge >= 0.3 is 12.0 Å². The van der Waals surface area contributed by atoms with Crippen molar-refractivity contribution < 1.29 is 19.4 Å². The number of methoxy groups -OCH3 is 1. The maximum absolute atomic E-state index is 11.9. The van der Waals surface area contributed by atoms with Crippen LogP contribution in [0.3, 0.4) is 0 Å². The van der Waals surface area contributed by atoms with Gasteiger partial charge in [-0.05, 0) is 31.4 Å². The molecular formula is C14H17ClN2O4. The first kappa shape index (κ1) is 15.4. The molecule has 1 aliphatic rings. The lowest BCUT2D eigenvalue weighted by Gasteiger charge is -2.14. The molecule has 0 unspecified atom stereocenters. The molecule has 1 aromatic rings. The number of aliphatic carboxylic acids is 1. The third kappa shape index (κ3) is 4.01. The fraction of sp³-hybridized carbons (Fsp3) is 0.429. The van der Waals surface area contributed by atoms with Crippen molar-refractivity contribution in [2.75, 3.05) is 12.4 Å². The number of amides is 2. The summed E-state index contributed by atoms with van der Waals surface area (Å²) in [5, 5.41) is 14.7. The largest absolute Gasteiger partial charge is 0.497 e. The molecule has 0 bridgehead atoms. The summed E-state index contributed by atoms with van der Waals surface area (Å²) >= 11 is 6.00. The molecule has 0 aliphatic heterocycles. The van der Waals surface area contributed by atoms with Crippen molar-refractivity contribution >= 4 is 29.3 Å². The minimum atomic E-state index is -0.810. The summed E-state index contributed by atoms with van der Waals surface area (Å²) in [6.45, 7) is 0. The Bertz CT molecular complexity index is 550. The number of benzene rings is 1. The predicted octanol–water partition coefficient (Wildman–Crippen LogP) is 2.72. The summed E-state index contributed by atoms with van der Waals surface area (Å²) in [4.78, 5) is 22.8. The van der Waals surface area contributed by atoms with Crippen LogP contribution in [0.1, 0.15) is 19.3 Å². The first-order valence-corrected chi connectivity index (χ1v) is 7.01. The Kier molecular flexibility index (Phi) is 4.90. The number of carboxylic acids is 1. The van der Waals surface area contributed by atoms with Gasteiger partial charge in [0.15, 0.2) is 0 Å². The molecule has 1 aromatic carbocycles. The lowest BCUT2D eigenvalue weighted by Crippen LogP contribution is -2.36. The summed E-state index contributed by atoms with van der Waals surface area (Å²) in [6.07, 6.45) is 1.70. The van der Waals surface area contributed by atoms with Gasteiger partial charge in [0.05, 0.1) is 23.7 Å². The third-order valence-electron chi connectivity index (χ3n) is 3.54. The van der Waals surface area contributed by atoms with Crippen molar-refractivity contribution in [2.45, 2.75) is 25.3 Å². The standard InChI is InChI=1S/C14H17ClN2O4/c1-21-10-4-5-11(15)12(7-10)17-14(20)16-9-3-2-8(6-9)13(18)19/h4-5,7-9H,2-3,6H2,1H3,(H,18,19)(H2,16,17,20)/t8-,9+/m1/s1. The average Bonchev–Trinajstić information content (AvgIpc) is 2.90. The molecule has 0 heterocycles. The normalized spacial score (nSPS) is 20.9. The fourth-order valence-electron chi connectivity index (χ4n) is 2.41. The Hall–Kier alpha value is -1.95. The van der Waals surface area contributed by atoms with Crippen LogP contribution in [0.25, 0.3) is 0 Å². The topological polar surface area (TPSA) is 87.7 Å². The van der Waals surface area contributed by atoms with Crippen LogP contribution in [0.15, 0.2) is 18.2 Å². The van der Waals surface area contributed by atoms with Crippen molar-refractivity contribution in [3.05, 3.63) is 23.2 Å². The first-order valence-electron chi connectivity index (χ1n) is 6.63. The van der Waals surface area contributed by atoms with Crippen LogP contribution in [0.5, 0.6) is 5.75 Å². The van der Waals surface area contributed by atoms with Gasteiger partial charge in [-0.2, -0.15) is 0 Å². The Labute approximate surface area is 127 Å². The van der Waals surface area contributed by atoms with Gasteiger partial charge in [0.2, 0.25) is 0 Å². The highest BCUT2D eigenvalue weighted by Gasteiger charge is 2.30. The van der Waals surface area contributed by atoms with Gasteiger partial charge < -0.3 is 20.5 Å². The van der Waals surface area contributed by atoms with E-state index in [1.54, 1.807) is 18.2 Å². The van der Waals surface area contributed by atoms with E-state index in [0.717, 1.165) is 0 Å². The number of ether oxygens (including phenoxy) is 1. The maximum atomic E-state index is 11.9.